The lowest BCUT2D eigenvalue weighted by molar-refractivity contribution is -0.116. The average molecular weight is 428 g/mol. The predicted octanol–water partition coefficient (Wildman–Crippen LogP) is 2.94. The van der Waals surface area contributed by atoms with Crippen molar-refractivity contribution in [3.8, 4) is 0 Å². The molecule has 4 rings (SSSR count). The van der Waals surface area contributed by atoms with E-state index < -0.39 is 10.0 Å². The summed E-state index contributed by atoms with van der Waals surface area (Å²) in [6.45, 7) is 3.64. The summed E-state index contributed by atoms with van der Waals surface area (Å²) in [5, 5.41) is 11.2. The van der Waals surface area contributed by atoms with E-state index in [4.69, 9.17) is 0 Å². The van der Waals surface area contributed by atoms with Gasteiger partial charge in [0.1, 0.15) is 5.52 Å². The van der Waals surface area contributed by atoms with Gasteiger partial charge in [-0.15, -0.1) is 5.10 Å². The Labute approximate surface area is 175 Å². The van der Waals surface area contributed by atoms with Crippen LogP contribution in [0.2, 0.25) is 0 Å². The lowest BCUT2D eigenvalue weighted by Crippen LogP contribution is -2.27. The summed E-state index contributed by atoms with van der Waals surface area (Å²) in [6, 6.07) is 12.6. The predicted molar refractivity (Wildman–Crippen MR) is 115 cm³/mol. The summed E-state index contributed by atoms with van der Waals surface area (Å²) < 4.78 is 28.7. The molecule has 2 heterocycles. The summed E-state index contributed by atoms with van der Waals surface area (Å²) in [6.07, 6.45) is 2.75. The lowest BCUT2D eigenvalue weighted by atomic mass is 10.2. The monoisotopic (exact) mass is 427 g/mol. The van der Waals surface area contributed by atoms with Crippen LogP contribution in [0.4, 0.5) is 5.69 Å². The molecule has 0 bridgehead atoms. The third-order valence-electron chi connectivity index (χ3n) is 5.26. The molecule has 30 heavy (non-hydrogen) atoms. The van der Waals surface area contributed by atoms with Gasteiger partial charge in [-0.05, 0) is 62.1 Å². The van der Waals surface area contributed by atoms with Crippen LogP contribution in [0.5, 0.6) is 0 Å². The van der Waals surface area contributed by atoms with Gasteiger partial charge < -0.3 is 5.32 Å². The minimum absolute atomic E-state index is 0.0518. The van der Waals surface area contributed by atoms with Crippen LogP contribution in [0.25, 0.3) is 11.0 Å². The van der Waals surface area contributed by atoms with E-state index in [1.807, 2.05) is 31.2 Å². The Morgan fingerprint density at radius 3 is 2.70 bits per heavy atom. The Hall–Kier alpha value is -2.78. The molecule has 9 heteroatoms. The molecule has 0 unspecified atom stereocenters. The fourth-order valence-electron chi connectivity index (χ4n) is 3.69. The van der Waals surface area contributed by atoms with Gasteiger partial charge in [0, 0.05) is 31.7 Å². The molecule has 0 aliphatic carbocycles. The van der Waals surface area contributed by atoms with Crippen molar-refractivity contribution in [2.24, 2.45) is 0 Å². The van der Waals surface area contributed by atoms with Crippen LogP contribution in [0.1, 0.15) is 31.2 Å². The first-order valence-electron chi connectivity index (χ1n) is 10.1. The van der Waals surface area contributed by atoms with Crippen molar-refractivity contribution in [3.63, 3.8) is 0 Å². The van der Waals surface area contributed by atoms with E-state index in [9.17, 15) is 13.2 Å². The summed E-state index contributed by atoms with van der Waals surface area (Å²) in [7, 11) is -3.48. The van der Waals surface area contributed by atoms with E-state index in [0.29, 0.717) is 38.0 Å². The van der Waals surface area contributed by atoms with Crippen LogP contribution >= 0.6 is 0 Å². The zero-order chi connectivity index (χ0) is 21.1. The first-order chi connectivity index (χ1) is 14.4. The normalized spacial score (nSPS) is 15.0. The van der Waals surface area contributed by atoms with Crippen LogP contribution < -0.4 is 5.32 Å². The van der Waals surface area contributed by atoms with Crippen molar-refractivity contribution in [2.45, 2.75) is 44.0 Å². The highest BCUT2D eigenvalue weighted by Crippen LogP contribution is 2.23. The number of nitrogens with one attached hydrogen (secondary N) is 1. The number of sulfonamides is 1. The highest BCUT2D eigenvalue weighted by molar-refractivity contribution is 7.89. The van der Waals surface area contributed by atoms with Crippen LogP contribution in [0, 0.1) is 6.92 Å². The van der Waals surface area contributed by atoms with E-state index in [1.165, 1.54) is 4.31 Å². The van der Waals surface area contributed by atoms with Crippen molar-refractivity contribution in [1.29, 1.82) is 0 Å². The summed E-state index contributed by atoms with van der Waals surface area (Å²) in [5.41, 5.74) is 3.18. The number of carbonyl (C=O) groups excluding carboxylic acids is 1. The number of fused-ring (bicyclic) bond motifs is 1. The third kappa shape index (κ3) is 4.36. The molecule has 158 valence electrons. The molecular formula is C21H25N5O3S. The molecule has 1 N–H and O–H groups in total. The van der Waals surface area contributed by atoms with Crippen LogP contribution in [0.3, 0.4) is 0 Å². The molecule has 1 fully saturated rings. The highest BCUT2D eigenvalue weighted by atomic mass is 32.2. The zero-order valence-electron chi connectivity index (χ0n) is 16.9. The maximum atomic E-state index is 12.7. The van der Waals surface area contributed by atoms with Crippen molar-refractivity contribution in [2.75, 3.05) is 18.4 Å². The molecular weight excluding hydrogens is 402 g/mol. The fourth-order valence-corrected chi connectivity index (χ4v) is 5.23. The second-order valence-corrected chi connectivity index (χ2v) is 9.53. The quantitative estimate of drug-likeness (QED) is 0.625. The smallest absolute Gasteiger partial charge is 0.243 e. The van der Waals surface area contributed by atoms with Crippen molar-refractivity contribution >= 4 is 32.7 Å². The van der Waals surface area contributed by atoms with Gasteiger partial charge in [0.15, 0.2) is 0 Å². The number of hydrogen-bond acceptors (Lipinski definition) is 5. The number of rotatable bonds is 7. The number of nitrogens with zero attached hydrogens (tertiary/aromatic N) is 4. The molecule has 1 aliphatic heterocycles. The van der Waals surface area contributed by atoms with Gasteiger partial charge >= 0.3 is 0 Å². The van der Waals surface area contributed by atoms with Gasteiger partial charge in [0.05, 0.1) is 10.4 Å². The van der Waals surface area contributed by atoms with E-state index in [-0.39, 0.29) is 10.8 Å². The standard InChI is InChI=1S/C21H25N5O3S/c1-16-6-4-7-17(14-16)22-21(27)8-5-13-26-20-10-9-18(15-19(20)23-24-26)30(28,29)25-11-2-3-12-25/h4,6-7,9-10,14-15H,2-3,5,8,11-13H2,1H3,(H,22,27). The molecule has 2 aromatic carbocycles. The first kappa shape index (κ1) is 20.5. The number of anilines is 1. The Morgan fingerprint density at radius 2 is 1.93 bits per heavy atom. The van der Waals surface area contributed by atoms with E-state index in [2.05, 4.69) is 15.6 Å². The van der Waals surface area contributed by atoms with Crippen molar-refractivity contribution in [3.05, 3.63) is 48.0 Å². The molecule has 0 radical (unpaired) electrons. The molecule has 1 aromatic heterocycles. The number of aryl methyl sites for hydroxylation is 2. The van der Waals surface area contributed by atoms with Crippen LogP contribution in [-0.2, 0) is 21.4 Å². The van der Waals surface area contributed by atoms with Gasteiger partial charge in [-0.2, -0.15) is 4.31 Å². The second-order valence-electron chi connectivity index (χ2n) is 7.60. The summed E-state index contributed by atoms with van der Waals surface area (Å²) in [4.78, 5) is 12.4. The van der Waals surface area contributed by atoms with Gasteiger partial charge in [-0.25, -0.2) is 13.1 Å². The number of amides is 1. The topological polar surface area (TPSA) is 97.2 Å². The Balaban J connectivity index is 1.38. The lowest BCUT2D eigenvalue weighted by Gasteiger charge is -2.15. The maximum Gasteiger partial charge on any atom is 0.243 e. The van der Waals surface area contributed by atoms with Crippen LogP contribution in [-0.4, -0.2) is 46.7 Å². The number of carbonyl (C=O) groups is 1. The van der Waals surface area contributed by atoms with Gasteiger partial charge in [0.2, 0.25) is 15.9 Å². The number of aromatic nitrogens is 3. The summed E-state index contributed by atoms with van der Waals surface area (Å²) in [5.74, 6) is -0.0518. The molecule has 8 nitrogen and oxygen atoms in total. The molecule has 3 aromatic rings. The summed E-state index contributed by atoms with van der Waals surface area (Å²) >= 11 is 0. The van der Waals surface area contributed by atoms with Crippen molar-refractivity contribution in [1.82, 2.24) is 19.3 Å². The minimum atomic E-state index is -3.48. The van der Waals surface area contributed by atoms with E-state index >= 15 is 0 Å². The van der Waals surface area contributed by atoms with E-state index in [0.717, 1.165) is 29.6 Å². The second kappa shape index (κ2) is 8.53. The Morgan fingerprint density at radius 1 is 1.13 bits per heavy atom. The van der Waals surface area contributed by atoms with Crippen LogP contribution in [0.15, 0.2) is 47.4 Å². The molecule has 0 saturated carbocycles. The third-order valence-corrected chi connectivity index (χ3v) is 7.16. The SMILES string of the molecule is Cc1cccc(NC(=O)CCCn2nnc3cc(S(=O)(=O)N4CCCC4)ccc32)c1. The zero-order valence-corrected chi connectivity index (χ0v) is 17.7. The van der Waals surface area contributed by atoms with Gasteiger partial charge in [0.25, 0.3) is 0 Å². The van der Waals surface area contributed by atoms with E-state index in [1.54, 1.807) is 22.9 Å². The fraction of sp³-hybridized carbons (Fsp3) is 0.381. The number of hydrogen-bond donors (Lipinski definition) is 1. The average Bonchev–Trinajstić information content (AvgIpc) is 3.38. The van der Waals surface area contributed by atoms with Gasteiger partial charge in [-0.1, -0.05) is 17.3 Å². The van der Waals surface area contributed by atoms with Crippen molar-refractivity contribution < 1.29 is 13.2 Å². The molecule has 1 saturated heterocycles. The largest absolute Gasteiger partial charge is 0.326 e. The first-order valence-corrected chi connectivity index (χ1v) is 11.6. The molecule has 1 amide bonds. The minimum Gasteiger partial charge on any atom is -0.326 e. The molecule has 1 aliphatic rings. The highest BCUT2D eigenvalue weighted by Gasteiger charge is 2.27. The molecule has 0 spiro atoms. The molecule has 0 atom stereocenters. The Kier molecular flexibility index (Phi) is 5.83. The maximum absolute atomic E-state index is 12.7. The van der Waals surface area contributed by atoms with Gasteiger partial charge in [-0.3, -0.25) is 4.79 Å². The number of benzene rings is 2. The Bertz CT molecular complexity index is 1170.